The first-order valence-corrected chi connectivity index (χ1v) is 8.30. The maximum Gasteiger partial charge on any atom is 0.311 e. The minimum atomic E-state index is -0.712. The number of amides is 1. The Morgan fingerprint density at radius 3 is 2.83 bits per heavy atom. The highest BCUT2D eigenvalue weighted by Gasteiger charge is 2.54. The van der Waals surface area contributed by atoms with Crippen molar-refractivity contribution in [2.24, 2.45) is 11.3 Å². The van der Waals surface area contributed by atoms with E-state index in [1.165, 1.54) is 0 Å². The van der Waals surface area contributed by atoms with Crippen LogP contribution in [0.2, 0.25) is 5.02 Å². The van der Waals surface area contributed by atoms with Gasteiger partial charge in [0.05, 0.1) is 12.0 Å². The predicted molar refractivity (Wildman–Crippen MR) is 95.9 cm³/mol. The molecule has 2 atom stereocenters. The van der Waals surface area contributed by atoms with Crippen molar-refractivity contribution in [2.45, 2.75) is 26.2 Å². The highest BCUT2D eigenvalue weighted by atomic mass is 35.5. The van der Waals surface area contributed by atoms with E-state index in [9.17, 15) is 14.7 Å². The fourth-order valence-corrected chi connectivity index (χ4v) is 4.25. The van der Waals surface area contributed by atoms with E-state index in [1.807, 2.05) is 11.8 Å². The topological polar surface area (TPSA) is 69.6 Å². The molecule has 132 valence electrons. The standard InChI is InChI=1S/C17H21ClN2O3.ClH/c1-11-7-13(18)4-5-14(11)19-15(21)9-20-8-12-3-2-6-17(12,10-20)16(22)23;/h4-5,7,12H,2-3,6,8-10H2,1H3,(H,19,21)(H,22,23);1H/t12-,17+;/m0./s1. The minimum Gasteiger partial charge on any atom is -0.481 e. The van der Waals surface area contributed by atoms with Crippen LogP contribution in [-0.4, -0.2) is 41.5 Å². The summed E-state index contributed by atoms with van der Waals surface area (Å²) in [7, 11) is 0. The second kappa shape index (κ2) is 7.30. The lowest BCUT2D eigenvalue weighted by Gasteiger charge is -2.23. The maximum absolute atomic E-state index is 12.3. The molecule has 2 N–H and O–H groups in total. The Labute approximate surface area is 152 Å². The average molecular weight is 373 g/mol. The van der Waals surface area contributed by atoms with Crippen LogP contribution in [0.4, 0.5) is 5.69 Å². The van der Waals surface area contributed by atoms with E-state index >= 15 is 0 Å². The molecule has 1 saturated heterocycles. The Balaban J connectivity index is 0.00000208. The van der Waals surface area contributed by atoms with Gasteiger partial charge in [0.15, 0.2) is 0 Å². The van der Waals surface area contributed by atoms with Crippen molar-refractivity contribution in [2.75, 3.05) is 25.0 Å². The third-order valence-corrected chi connectivity index (χ3v) is 5.43. The molecule has 2 fully saturated rings. The molecule has 1 aliphatic heterocycles. The molecule has 0 aromatic heterocycles. The van der Waals surface area contributed by atoms with Gasteiger partial charge in [-0.25, -0.2) is 0 Å². The fraction of sp³-hybridized carbons (Fsp3) is 0.529. The van der Waals surface area contributed by atoms with Gasteiger partial charge >= 0.3 is 5.97 Å². The predicted octanol–water partition coefficient (Wildman–Crippen LogP) is 3.20. The van der Waals surface area contributed by atoms with Crippen LogP contribution in [0.3, 0.4) is 0 Å². The van der Waals surface area contributed by atoms with Gasteiger partial charge in [0.25, 0.3) is 0 Å². The van der Waals surface area contributed by atoms with E-state index in [0.717, 1.165) is 30.5 Å². The van der Waals surface area contributed by atoms with Crippen LogP contribution in [0.25, 0.3) is 0 Å². The summed E-state index contributed by atoms with van der Waals surface area (Å²) in [6.45, 7) is 3.29. The number of hydrogen-bond donors (Lipinski definition) is 2. The van der Waals surface area contributed by atoms with E-state index in [2.05, 4.69) is 5.32 Å². The third kappa shape index (κ3) is 3.53. The van der Waals surface area contributed by atoms with Crippen LogP contribution in [0, 0.1) is 18.3 Å². The molecule has 1 saturated carbocycles. The van der Waals surface area contributed by atoms with Crippen LogP contribution < -0.4 is 5.32 Å². The number of carboxylic acid groups (broad SMARTS) is 1. The average Bonchev–Trinajstić information content (AvgIpc) is 2.99. The minimum absolute atomic E-state index is 0. The molecular weight excluding hydrogens is 351 g/mol. The van der Waals surface area contributed by atoms with Gasteiger partial charge in [-0.2, -0.15) is 0 Å². The quantitative estimate of drug-likeness (QED) is 0.851. The van der Waals surface area contributed by atoms with Crippen molar-refractivity contribution in [3.8, 4) is 0 Å². The van der Waals surface area contributed by atoms with Crippen molar-refractivity contribution in [3.05, 3.63) is 28.8 Å². The Hall–Kier alpha value is -1.30. The van der Waals surface area contributed by atoms with Crippen molar-refractivity contribution in [3.63, 3.8) is 0 Å². The summed E-state index contributed by atoms with van der Waals surface area (Å²) in [4.78, 5) is 25.9. The Bertz CT molecular complexity index is 653. The molecule has 1 aliphatic carbocycles. The number of carboxylic acids is 1. The zero-order chi connectivity index (χ0) is 16.6. The molecule has 1 aromatic carbocycles. The summed E-state index contributed by atoms with van der Waals surface area (Å²) in [5.41, 5.74) is 1.01. The maximum atomic E-state index is 12.3. The molecule has 24 heavy (non-hydrogen) atoms. The number of hydrogen-bond acceptors (Lipinski definition) is 3. The number of likely N-dealkylation sites (tertiary alicyclic amines) is 1. The summed E-state index contributed by atoms with van der Waals surface area (Å²) in [6, 6.07) is 5.33. The fourth-order valence-electron chi connectivity index (χ4n) is 4.02. The molecule has 5 nitrogen and oxygen atoms in total. The van der Waals surface area contributed by atoms with Crippen LogP contribution >= 0.6 is 24.0 Å². The second-order valence-corrected chi connectivity index (χ2v) is 7.16. The second-order valence-electron chi connectivity index (χ2n) is 6.73. The molecule has 0 spiro atoms. The van der Waals surface area contributed by atoms with Gasteiger partial charge in [-0.15, -0.1) is 12.4 Å². The van der Waals surface area contributed by atoms with E-state index in [0.29, 0.717) is 18.1 Å². The van der Waals surface area contributed by atoms with Crippen LogP contribution in [0.5, 0.6) is 0 Å². The molecule has 3 rings (SSSR count). The first-order chi connectivity index (χ1) is 10.9. The summed E-state index contributed by atoms with van der Waals surface area (Å²) in [5.74, 6) is -0.655. The number of rotatable bonds is 4. The zero-order valence-corrected chi connectivity index (χ0v) is 15.1. The molecule has 7 heteroatoms. The van der Waals surface area contributed by atoms with Crippen molar-refractivity contribution in [1.29, 1.82) is 0 Å². The molecule has 1 heterocycles. The lowest BCUT2D eigenvalue weighted by Crippen LogP contribution is -2.37. The van der Waals surface area contributed by atoms with Gasteiger partial charge in [0, 0.05) is 23.8 Å². The molecule has 1 amide bonds. The highest BCUT2D eigenvalue weighted by molar-refractivity contribution is 6.30. The van der Waals surface area contributed by atoms with Gasteiger partial charge in [-0.3, -0.25) is 14.5 Å². The number of fused-ring (bicyclic) bond motifs is 1. The van der Waals surface area contributed by atoms with Gasteiger partial charge in [0.2, 0.25) is 5.91 Å². The number of nitrogens with zero attached hydrogens (tertiary/aromatic N) is 1. The summed E-state index contributed by atoms with van der Waals surface area (Å²) >= 11 is 5.91. The smallest absolute Gasteiger partial charge is 0.311 e. The first-order valence-electron chi connectivity index (χ1n) is 7.92. The Kier molecular flexibility index (Phi) is 5.78. The van der Waals surface area contributed by atoms with E-state index < -0.39 is 11.4 Å². The van der Waals surface area contributed by atoms with Gasteiger partial charge in [-0.05, 0) is 49.4 Å². The summed E-state index contributed by atoms with van der Waals surface area (Å²) < 4.78 is 0. The SMILES string of the molecule is Cc1cc(Cl)ccc1NC(=O)CN1C[C@@H]2CCC[C@@]2(C(=O)O)C1.Cl. The number of nitrogens with one attached hydrogen (secondary N) is 1. The number of benzene rings is 1. The normalized spacial score (nSPS) is 25.8. The third-order valence-electron chi connectivity index (χ3n) is 5.20. The monoisotopic (exact) mass is 372 g/mol. The number of carbonyl (C=O) groups excluding carboxylic acids is 1. The van der Waals surface area contributed by atoms with Gasteiger partial charge < -0.3 is 10.4 Å². The zero-order valence-electron chi connectivity index (χ0n) is 13.5. The number of carbonyl (C=O) groups is 2. The summed E-state index contributed by atoms with van der Waals surface area (Å²) in [5, 5.41) is 13.1. The van der Waals surface area contributed by atoms with Crippen LogP contribution in [-0.2, 0) is 9.59 Å². The first kappa shape index (κ1) is 19.0. The molecule has 2 aliphatic rings. The number of anilines is 1. The molecule has 0 radical (unpaired) electrons. The molecule has 0 bridgehead atoms. The van der Waals surface area contributed by atoms with Crippen LogP contribution in [0.15, 0.2) is 18.2 Å². The van der Waals surface area contributed by atoms with E-state index in [-0.39, 0.29) is 30.8 Å². The molecule has 0 unspecified atom stereocenters. The number of aryl methyl sites for hydroxylation is 1. The van der Waals surface area contributed by atoms with Crippen molar-refractivity contribution in [1.82, 2.24) is 4.90 Å². The highest BCUT2D eigenvalue weighted by Crippen LogP contribution is 2.48. The number of halogens is 2. The summed E-state index contributed by atoms with van der Waals surface area (Å²) in [6.07, 6.45) is 2.64. The number of aliphatic carboxylic acids is 1. The van der Waals surface area contributed by atoms with Crippen LogP contribution in [0.1, 0.15) is 24.8 Å². The molecular formula is C17H22Cl2N2O3. The largest absolute Gasteiger partial charge is 0.481 e. The van der Waals surface area contributed by atoms with Crippen molar-refractivity contribution >= 4 is 41.6 Å². The Morgan fingerprint density at radius 2 is 2.21 bits per heavy atom. The Morgan fingerprint density at radius 1 is 1.46 bits per heavy atom. The lowest BCUT2D eigenvalue weighted by atomic mass is 9.81. The van der Waals surface area contributed by atoms with Gasteiger partial charge in [-0.1, -0.05) is 18.0 Å². The van der Waals surface area contributed by atoms with Gasteiger partial charge in [0.1, 0.15) is 0 Å². The van der Waals surface area contributed by atoms with E-state index in [1.54, 1.807) is 18.2 Å². The lowest BCUT2D eigenvalue weighted by molar-refractivity contribution is -0.149. The van der Waals surface area contributed by atoms with E-state index in [4.69, 9.17) is 11.6 Å². The van der Waals surface area contributed by atoms with Crippen molar-refractivity contribution < 1.29 is 14.7 Å². The molecule has 1 aromatic rings.